The molecule has 3 aromatic heterocycles. The SMILES string of the molecule is C=CCn1c(SCC2=C(C(=O)OCC)C(c3ccco3)NC(=O)N2)nnc1-c1ccco1. The highest BCUT2D eigenvalue weighted by Gasteiger charge is 2.35. The van der Waals surface area contributed by atoms with Gasteiger partial charge in [-0.15, -0.1) is 16.8 Å². The maximum absolute atomic E-state index is 12.8. The molecule has 0 aliphatic carbocycles. The second kappa shape index (κ2) is 9.60. The highest BCUT2D eigenvalue weighted by Crippen LogP contribution is 2.31. The van der Waals surface area contributed by atoms with Crippen LogP contribution in [0.5, 0.6) is 0 Å². The van der Waals surface area contributed by atoms with E-state index < -0.39 is 18.0 Å². The third kappa shape index (κ3) is 4.33. The number of nitrogens with one attached hydrogen (secondary N) is 2. The molecular weight excluding hydrogens is 434 g/mol. The average Bonchev–Trinajstić information content (AvgIpc) is 3.54. The molecule has 2 N–H and O–H groups in total. The number of rotatable bonds is 9. The van der Waals surface area contributed by atoms with E-state index in [0.717, 1.165) is 0 Å². The minimum absolute atomic E-state index is 0.196. The molecule has 1 aliphatic heterocycles. The van der Waals surface area contributed by atoms with E-state index in [0.29, 0.717) is 34.7 Å². The predicted octanol–water partition coefficient (Wildman–Crippen LogP) is 3.28. The molecule has 4 rings (SSSR count). The van der Waals surface area contributed by atoms with Crippen molar-refractivity contribution >= 4 is 23.8 Å². The monoisotopic (exact) mass is 455 g/mol. The van der Waals surface area contributed by atoms with E-state index in [1.807, 2.05) is 4.57 Å². The lowest BCUT2D eigenvalue weighted by molar-refractivity contribution is -0.139. The van der Waals surface area contributed by atoms with E-state index in [1.54, 1.807) is 43.5 Å². The third-order valence-electron chi connectivity index (χ3n) is 4.59. The number of allylic oxidation sites excluding steroid dienone is 1. The Morgan fingerprint density at radius 1 is 1.31 bits per heavy atom. The van der Waals surface area contributed by atoms with Crippen molar-refractivity contribution in [2.24, 2.45) is 0 Å². The van der Waals surface area contributed by atoms with Crippen LogP contribution in [-0.2, 0) is 16.1 Å². The van der Waals surface area contributed by atoms with Crippen LogP contribution in [0.1, 0.15) is 18.7 Å². The molecule has 2 amide bonds. The van der Waals surface area contributed by atoms with Crippen molar-refractivity contribution in [1.29, 1.82) is 0 Å². The number of urea groups is 1. The first-order valence-corrected chi connectivity index (χ1v) is 10.8. The number of carbonyl (C=O) groups is 2. The van der Waals surface area contributed by atoms with Crippen LogP contribution in [0.2, 0.25) is 0 Å². The zero-order chi connectivity index (χ0) is 22.5. The number of amides is 2. The molecule has 10 nitrogen and oxygen atoms in total. The Labute approximate surface area is 187 Å². The van der Waals surface area contributed by atoms with Gasteiger partial charge in [-0.05, 0) is 31.2 Å². The number of aromatic nitrogens is 3. The van der Waals surface area contributed by atoms with Crippen molar-refractivity contribution in [3.63, 3.8) is 0 Å². The van der Waals surface area contributed by atoms with Crippen LogP contribution >= 0.6 is 11.8 Å². The second-order valence-electron chi connectivity index (χ2n) is 6.63. The maximum Gasteiger partial charge on any atom is 0.338 e. The number of thioether (sulfide) groups is 1. The first kappa shape index (κ1) is 21.5. The molecule has 11 heteroatoms. The standard InChI is InChI=1S/C21H21N5O5S/c1-3-9-26-18(15-8-6-11-31-15)24-25-21(26)32-12-13-16(19(27)29-4-2)17(23-20(28)22-13)14-7-5-10-30-14/h3,5-8,10-11,17H,1,4,9,12H2,2H3,(H2,22,23,28). The zero-order valence-electron chi connectivity index (χ0n) is 17.2. The average molecular weight is 455 g/mol. The summed E-state index contributed by atoms with van der Waals surface area (Å²) in [6, 6.07) is 5.73. The van der Waals surface area contributed by atoms with Gasteiger partial charge < -0.3 is 24.2 Å². The van der Waals surface area contributed by atoms with Gasteiger partial charge in [0.05, 0.1) is 24.7 Å². The Morgan fingerprint density at radius 3 is 2.81 bits per heavy atom. The normalized spacial score (nSPS) is 15.9. The molecule has 166 valence electrons. The molecule has 0 fully saturated rings. The lowest BCUT2D eigenvalue weighted by atomic mass is 10.0. The van der Waals surface area contributed by atoms with Gasteiger partial charge in [-0.25, -0.2) is 9.59 Å². The Bertz CT molecular complexity index is 1130. The first-order chi connectivity index (χ1) is 15.6. The number of hydrogen-bond donors (Lipinski definition) is 2. The molecule has 1 atom stereocenters. The van der Waals surface area contributed by atoms with E-state index in [1.165, 1.54) is 18.0 Å². The van der Waals surface area contributed by atoms with E-state index in [4.69, 9.17) is 13.6 Å². The maximum atomic E-state index is 12.8. The third-order valence-corrected chi connectivity index (χ3v) is 5.59. The number of carbonyl (C=O) groups excluding carboxylic acids is 2. The van der Waals surface area contributed by atoms with Gasteiger partial charge in [0.1, 0.15) is 11.8 Å². The van der Waals surface area contributed by atoms with Crippen molar-refractivity contribution in [3.8, 4) is 11.6 Å². The number of furan rings is 2. The topological polar surface area (TPSA) is 124 Å². The molecule has 32 heavy (non-hydrogen) atoms. The van der Waals surface area contributed by atoms with Gasteiger partial charge in [0.25, 0.3) is 0 Å². The van der Waals surface area contributed by atoms with Crippen LogP contribution < -0.4 is 10.6 Å². The lowest BCUT2D eigenvalue weighted by Gasteiger charge is -2.27. The van der Waals surface area contributed by atoms with Gasteiger partial charge in [0.15, 0.2) is 10.9 Å². The van der Waals surface area contributed by atoms with Gasteiger partial charge in [0.2, 0.25) is 5.82 Å². The number of ether oxygens (including phenoxy) is 1. The Balaban J connectivity index is 1.66. The minimum Gasteiger partial charge on any atom is -0.467 e. The molecule has 3 aromatic rings. The molecule has 0 aromatic carbocycles. The second-order valence-corrected chi connectivity index (χ2v) is 7.57. The quantitative estimate of drug-likeness (QED) is 0.286. The highest BCUT2D eigenvalue weighted by atomic mass is 32.2. The van der Waals surface area contributed by atoms with Crippen LogP contribution in [0.4, 0.5) is 4.79 Å². The van der Waals surface area contributed by atoms with Crippen molar-refractivity contribution in [3.05, 3.63) is 66.5 Å². The molecule has 0 saturated carbocycles. The summed E-state index contributed by atoms with van der Waals surface area (Å²) in [4.78, 5) is 25.1. The van der Waals surface area contributed by atoms with Crippen LogP contribution in [-0.4, -0.2) is 39.1 Å². The Kier molecular flexibility index (Phi) is 6.45. The summed E-state index contributed by atoms with van der Waals surface area (Å²) in [7, 11) is 0. The van der Waals surface area contributed by atoms with Gasteiger partial charge in [-0.3, -0.25) is 4.57 Å². The molecule has 0 spiro atoms. The molecule has 0 bridgehead atoms. The van der Waals surface area contributed by atoms with Gasteiger partial charge in [-0.1, -0.05) is 17.8 Å². The predicted molar refractivity (Wildman–Crippen MR) is 115 cm³/mol. The summed E-state index contributed by atoms with van der Waals surface area (Å²) in [6.45, 7) is 6.16. The molecule has 0 saturated heterocycles. The molecule has 1 aliphatic rings. The van der Waals surface area contributed by atoms with Crippen LogP contribution in [0.15, 0.2) is 74.7 Å². The Hall–Kier alpha value is -3.73. The fourth-order valence-electron chi connectivity index (χ4n) is 3.26. The Morgan fingerprint density at radius 2 is 2.12 bits per heavy atom. The van der Waals surface area contributed by atoms with Gasteiger partial charge in [0, 0.05) is 18.0 Å². The van der Waals surface area contributed by atoms with Crippen molar-refractivity contribution in [2.75, 3.05) is 12.4 Å². The van der Waals surface area contributed by atoms with E-state index >= 15 is 0 Å². The minimum atomic E-state index is -0.766. The van der Waals surface area contributed by atoms with E-state index in [9.17, 15) is 9.59 Å². The molecular formula is C21H21N5O5S. The summed E-state index contributed by atoms with van der Waals surface area (Å²) in [5.41, 5.74) is 0.682. The summed E-state index contributed by atoms with van der Waals surface area (Å²) in [5.74, 6) is 1.26. The summed E-state index contributed by atoms with van der Waals surface area (Å²) in [5, 5.41) is 14.5. The van der Waals surface area contributed by atoms with Gasteiger partial charge in [-0.2, -0.15) is 0 Å². The van der Waals surface area contributed by atoms with Crippen molar-refractivity contribution < 1.29 is 23.2 Å². The fraction of sp³-hybridized carbons (Fsp3) is 0.238. The smallest absolute Gasteiger partial charge is 0.338 e. The van der Waals surface area contributed by atoms with Gasteiger partial charge >= 0.3 is 12.0 Å². The summed E-state index contributed by atoms with van der Waals surface area (Å²) >= 11 is 1.31. The fourth-order valence-corrected chi connectivity index (χ4v) is 4.18. The molecule has 0 radical (unpaired) electrons. The number of esters is 1. The summed E-state index contributed by atoms with van der Waals surface area (Å²) < 4.78 is 18.0. The van der Waals surface area contributed by atoms with Crippen molar-refractivity contribution in [2.45, 2.75) is 24.7 Å². The number of nitrogens with zero attached hydrogens (tertiary/aromatic N) is 3. The molecule has 1 unspecified atom stereocenters. The zero-order valence-corrected chi connectivity index (χ0v) is 18.1. The highest BCUT2D eigenvalue weighted by molar-refractivity contribution is 7.99. The van der Waals surface area contributed by atoms with E-state index in [2.05, 4.69) is 27.4 Å². The largest absolute Gasteiger partial charge is 0.467 e. The van der Waals surface area contributed by atoms with Crippen LogP contribution in [0.25, 0.3) is 11.6 Å². The van der Waals surface area contributed by atoms with Crippen molar-refractivity contribution in [1.82, 2.24) is 25.4 Å². The van der Waals surface area contributed by atoms with Crippen LogP contribution in [0, 0.1) is 0 Å². The van der Waals surface area contributed by atoms with E-state index in [-0.39, 0.29) is 17.9 Å². The number of hydrogen-bond acceptors (Lipinski definition) is 8. The molecule has 4 heterocycles. The van der Waals surface area contributed by atoms with Crippen LogP contribution in [0.3, 0.4) is 0 Å². The lowest BCUT2D eigenvalue weighted by Crippen LogP contribution is -2.46. The first-order valence-electron chi connectivity index (χ1n) is 9.84. The summed E-state index contributed by atoms with van der Waals surface area (Å²) in [6.07, 6.45) is 4.77.